The molecule has 1 heterocycles. The molecule has 0 spiro atoms. The lowest BCUT2D eigenvalue weighted by molar-refractivity contribution is -0.133. The molecule has 0 unspecified atom stereocenters. The van der Waals surface area contributed by atoms with Crippen molar-refractivity contribution < 1.29 is 19.9 Å². The zero-order chi connectivity index (χ0) is 23.6. The highest BCUT2D eigenvalue weighted by molar-refractivity contribution is 5.97. The summed E-state index contributed by atoms with van der Waals surface area (Å²) in [5.41, 5.74) is 4.72. The zero-order valence-electron chi connectivity index (χ0n) is 18.9. The molecule has 0 radical (unpaired) electrons. The highest BCUT2D eigenvalue weighted by atomic mass is 16.5. The zero-order valence-corrected chi connectivity index (χ0v) is 18.9. The van der Waals surface area contributed by atoms with Gasteiger partial charge < -0.3 is 10.4 Å². The summed E-state index contributed by atoms with van der Waals surface area (Å²) in [6.07, 6.45) is 4.06. The molecule has 0 bridgehead atoms. The number of nitrogens with one attached hydrogen (secondary N) is 2. The fourth-order valence-electron chi connectivity index (χ4n) is 3.79. The van der Waals surface area contributed by atoms with Crippen LogP contribution in [0.4, 0.5) is 0 Å². The van der Waals surface area contributed by atoms with Crippen molar-refractivity contribution in [3.63, 3.8) is 0 Å². The topological polar surface area (TPSA) is 102 Å². The second kappa shape index (κ2) is 12.2. The van der Waals surface area contributed by atoms with Crippen LogP contribution in [0.1, 0.15) is 59.7 Å². The van der Waals surface area contributed by atoms with Gasteiger partial charge in [0.25, 0.3) is 11.8 Å². The number of carbonyl (C=O) groups is 2. The molecule has 3 rings (SSSR count). The molecule has 174 valence electrons. The number of aliphatic hydroxyl groups excluding tert-OH is 1. The number of nitrogens with zero attached hydrogens (tertiary/aromatic N) is 1. The quantitative estimate of drug-likeness (QED) is 0.308. The van der Waals surface area contributed by atoms with Gasteiger partial charge in [-0.1, -0.05) is 36.8 Å². The lowest BCUT2D eigenvalue weighted by Gasteiger charge is -2.19. The number of aliphatic hydroxyl groups is 1. The minimum absolute atomic E-state index is 0.315. The largest absolute Gasteiger partial charge is 0.391 e. The maximum absolute atomic E-state index is 12.3. The molecule has 1 aliphatic heterocycles. The Hall–Kier alpha value is -3.18. The molecule has 2 amide bonds. The Morgan fingerprint density at radius 3 is 2.00 bits per heavy atom. The predicted octanol–water partition coefficient (Wildman–Crippen LogP) is 2.45. The third-order valence-corrected chi connectivity index (χ3v) is 5.72. The Morgan fingerprint density at radius 1 is 0.939 bits per heavy atom. The average molecular weight is 450 g/mol. The van der Waals surface area contributed by atoms with Gasteiger partial charge in [-0.25, -0.2) is 5.48 Å². The first-order valence-corrected chi connectivity index (χ1v) is 11.3. The number of hydroxylamine groups is 1. The van der Waals surface area contributed by atoms with Crippen LogP contribution in [0.25, 0.3) is 0 Å². The molecule has 4 N–H and O–H groups in total. The van der Waals surface area contributed by atoms with Crippen molar-refractivity contribution in [3.05, 3.63) is 70.8 Å². The molecule has 2 atom stereocenters. The van der Waals surface area contributed by atoms with Gasteiger partial charge in [0.05, 0.1) is 6.10 Å². The van der Waals surface area contributed by atoms with Crippen molar-refractivity contribution in [2.75, 3.05) is 13.1 Å². The van der Waals surface area contributed by atoms with E-state index in [-0.39, 0.29) is 0 Å². The molecule has 7 heteroatoms. The van der Waals surface area contributed by atoms with Crippen LogP contribution in [-0.2, 0) is 11.3 Å². The molecule has 1 saturated heterocycles. The molecular formula is C26H31N3O4. The van der Waals surface area contributed by atoms with Crippen LogP contribution in [0.3, 0.4) is 0 Å². The van der Waals surface area contributed by atoms with Crippen molar-refractivity contribution in [1.29, 1.82) is 0 Å². The molecule has 0 aliphatic carbocycles. The van der Waals surface area contributed by atoms with E-state index in [2.05, 4.69) is 34.2 Å². The minimum atomic E-state index is -1.26. The number of hydrogen-bond acceptors (Lipinski definition) is 5. The fourth-order valence-corrected chi connectivity index (χ4v) is 3.79. The first-order valence-electron chi connectivity index (χ1n) is 11.3. The fraction of sp³-hybridized carbons (Fsp3) is 0.385. The van der Waals surface area contributed by atoms with E-state index in [4.69, 9.17) is 5.21 Å². The van der Waals surface area contributed by atoms with Crippen molar-refractivity contribution in [3.8, 4) is 11.8 Å². The Balaban J connectivity index is 1.58. The molecule has 2 aromatic rings. The van der Waals surface area contributed by atoms with Crippen LogP contribution in [0, 0.1) is 11.8 Å². The van der Waals surface area contributed by atoms with Gasteiger partial charge in [0.1, 0.15) is 6.04 Å². The smallest absolute Gasteiger partial charge is 0.268 e. The maximum atomic E-state index is 12.3. The maximum Gasteiger partial charge on any atom is 0.268 e. The Morgan fingerprint density at radius 2 is 1.48 bits per heavy atom. The van der Waals surface area contributed by atoms with E-state index in [9.17, 15) is 14.7 Å². The lowest BCUT2D eigenvalue weighted by atomic mass is 10.1. The number of carbonyl (C=O) groups excluding carboxylic acids is 2. The van der Waals surface area contributed by atoms with E-state index in [0.717, 1.165) is 17.7 Å². The Kier molecular flexibility index (Phi) is 9.02. The van der Waals surface area contributed by atoms with Crippen LogP contribution >= 0.6 is 0 Å². The third kappa shape index (κ3) is 7.43. The second-order valence-corrected chi connectivity index (χ2v) is 8.38. The van der Waals surface area contributed by atoms with E-state index >= 15 is 0 Å². The van der Waals surface area contributed by atoms with Gasteiger partial charge in [-0.3, -0.25) is 19.7 Å². The van der Waals surface area contributed by atoms with Crippen molar-refractivity contribution in [2.45, 2.75) is 51.3 Å². The SMILES string of the molecule is C[C@@H](O)[C@H](NC(=O)c1ccc(C#Cc2ccc(CN3CCCCCC3)cc2)cc1)C(=O)NO. The highest BCUT2D eigenvalue weighted by Gasteiger charge is 2.25. The molecule has 33 heavy (non-hydrogen) atoms. The summed E-state index contributed by atoms with van der Waals surface area (Å²) in [5.74, 6) is 4.81. The van der Waals surface area contributed by atoms with Crippen molar-refractivity contribution in [1.82, 2.24) is 15.7 Å². The van der Waals surface area contributed by atoms with Gasteiger partial charge in [-0.15, -0.1) is 0 Å². The van der Waals surface area contributed by atoms with Crippen LogP contribution in [0.5, 0.6) is 0 Å². The number of rotatable bonds is 6. The molecule has 0 aromatic heterocycles. The summed E-state index contributed by atoms with van der Waals surface area (Å²) in [6.45, 7) is 4.67. The predicted molar refractivity (Wildman–Crippen MR) is 125 cm³/mol. The van der Waals surface area contributed by atoms with Crippen LogP contribution in [-0.4, -0.2) is 52.3 Å². The molecule has 1 fully saturated rings. The molecular weight excluding hydrogens is 418 g/mol. The summed E-state index contributed by atoms with van der Waals surface area (Å²) in [5, 5.41) is 20.8. The second-order valence-electron chi connectivity index (χ2n) is 8.38. The number of amides is 2. The summed E-state index contributed by atoms with van der Waals surface area (Å²) < 4.78 is 0. The third-order valence-electron chi connectivity index (χ3n) is 5.72. The summed E-state index contributed by atoms with van der Waals surface area (Å²) in [6, 6.07) is 13.7. The molecule has 2 aromatic carbocycles. The number of likely N-dealkylation sites (tertiary alicyclic amines) is 1. The van der Waals surface area contributed by atoms with Crippen LogP contribution in [0.2, 0.25) is 0 Å². The average Bonchev–Trinajstić information content (AvgIpc) is 3.10. The van der Waals surface area contributed by atoms with Crippen LogP contribution in [0.15, 0.2) is 48.5 Å². The van der Waals surface area contributed by atoms with Gasteiger partial charge in [0.2, 0.25) is 0 Å². The first-order chi connectivity index (χ1) is 16.0. The molecule has 7 nitrogen and oxygen atoms in total. The number of hydrogen-bond donors (Lipinski definition) is 4. The number of benzene rings is 2. The highest BCUT2D eigenvalue weighted by Crippen LogP contribution is 2.14. The van der Waals surface area contributed by atoms with E-state index in [1.54, 1.807) is 24.3 Å². The standard InChI is InChI=1S/C26H31N3O4/c1-19(30)24(26(32)28-33)27-25(31)23-14-12-21(13-15-23)7-6-20-8-10-22(11-9-20)18-29-16-4-2-3-5-17-29/h8-15,19,24,30,33H,2-5,16-18H2,1H3,(H,27,31)(H,28,32)/t19-,24+/m1/s1. The summed E-state index contributed by atoms with van der Waals surface area (Å²) in [7, 11) is 0. The van der Waals surface area contributed by atoms with Gasteiger partial charge in [0.15, 0.2) is 0 Å². The van der Waals surface area contributed by atoms with E-state index in [0.29, 0.717) is 5.56 Å². The molecule has 1 aliphatic rings. The van der Waals surface area contributed by atoms with Gasteiger partial charge in [0, 0.05) is 23.2 Å². The molecule has 0 saturated carbocycles. The van der Waals surface area contributed by atoms with Crippen LogP contribution < -0.4 is 10.8 Å². The monoisotopic (exact) mass is 449 g/mol. The van der Waals surface area contributed by atoms with E-state index < -0.39 is 24.0 Å². The van der Waals surface area contributed by atoms with E-state index in [1.807, 2.05) is 12.1 Å². The van der Waals surface area contributed by atoms with Gasteiger partial charge in [-0.05, 0) is 74.8 Å². The Labute approximate surface area is 194 Å². The van der Waals surface area contributed by atoms with E-state index in [1.165, 1.54) is 56.7 Å². The van der Waals surface area contributed by atoms with Gasteiger partial charge in [-0.2, -0.15) is 0 Å². The minimum Gasteiger partial charge on any atom is -0.391 e. The van der Waals surface area contributed by atoms with Crippen molar-refractivity contribution >= 4 is 11.8 Å². The van der Waals surface area contributed by atoms with Crippen molar-refractivity contribution in [2.24, 2.45) is 0 Å². The Bertz CT molecular complexity index is 983. The summed E-state index contributed by atoms with van der Waals surface area (Å²) >= 11 is 0. The normalized spacial score (nSPS) is 16.0. The first kappa shape index (κ1) is 24.5. The van der Waals surface area contributed by atoms with Gasteiger partial charge >= 0.3 is 0 Å². The lowest BCUT2D eigenvalue weighted by Crippen LogP contribution is -2.51. The summed E-state index contributed by atoms with van der Waals surface area (Å²) in [4.78, 5) is 26.4.